The molecule has 1 aromatic rings. The Labute approximate surface area is 143 Å². The van der Waals surface area contributed by atoms with E-state index in [2.05, 4.69) is 4.90 Å². The van der Waals surface area contributed by atoms with Crippen molar-refractivity contribution in [1.82, 2.24) is 4.90 Å². The highest BCUT2D eigenvalue weighted by Gasteiger charge is 2.39. The third kappa shape index (κ3) is 4.21. The van der Waals surface area contributed by atoms with E-state index in [0.717, 1.165) is 38.2 Å². The largest absolute Gasteiger partial charge is 0.423 e. The van der Waals surface area contributed by atoms with Crippen LogP contribution in [0.1, 0.15) is 12.0 Å². The Morgan fingerprint density at radius 3 is 2.60 bits per heavy atom. The van der Waals surface area contributed by atoms with Gasteiger partial charge in [0.05, 0.1) is 18.1 Å². The summed E-state index contributed by atoms with van der Waals surface area (Å²) in [5.74, 6) is 0.377. The lowest BCUT2D eigenvalue weighted by Crippen LogP contribution is -2.39. The monoisotopic (exact) mass is 359 g/mol. The molecule has 0 N–H and O–H groups in total. The van der Waals surface area contributed by atoms with Crippen molar-refractivity contribution in [3.63, 3.8) is 0 Å². The summed E-state index contributed by atoms with van der Waals surface area (Å²) in [4.78, 5) is 14.1. The number of anilines is 1. The Bertz CT molecular complexity index is 633. The molecule has 1 aromatic carbocycles. The fourth-order valence-corrected chi connectivity index (χ4v) is 3.47. The summed E-state index contributed by atoms with van der Waals surface area (Å²) in [7, 11) is 0. The highest BCUT2D eigenvalue weighted by molar-refractivity contribution is 5.57. The molecule has 0 spiro atoms. The predicted octanol–water partition coefficient (Wildman–Crippen LogP) is 2.77. The third-order valence-corrected chi connectivity index (χ3v) is 4.75. The number of ether oxygens (including phenoxy) is 1. The minimum atomic E-state index is -4.74. The summed E-state index contributed by atoms with van der Waals surface area (Å²) in [6.07, 6.45) is -3.85. The maximum Gasteiger partial charge on any atom is 0.423 e. The molecule has 9 heteroatoms. The normalized spacial score (nSPS) is 22.4. The molecule has 0 aromatic heterocycles. The van der Waals surface area contributed by atoms with Crippen LogP contribution >= 0.6 is 0 Å². The molecule has 2 heterocycles. The minimum Gasteiger partial charge on any atom is -0.379 e. The third-order valence-electron chi connectivity index (χ3n) is 4.75. The van der Waals surface area contributed by atoms with Gasteiger partial charge in [-0.2, -0.15) is 13.2 Å². The molecule has 0 amide bonds. The summed E-state index contributed by atoms with van der Waals surface area (Å²) in [6.45, 7) is 5.41. The van der Waals surface area contributed by atoms with Crippen LogP contribution in [0.25, 0.3) is 0 Å². The van der Waals surface area contributed by atoms with E-state index in [0.29, 0.717) is 37.9 Å². The van der Waals surface area contributed by atoms with Crippen molar-refractivity contribution in [2.45, 2.75) is 12.6 Å². The summed E-state index contributed by atoms with van der Waals surface area (Å²) >= 11 is 0. The lowest BCUT2D eigenvalue weighted by molar-refractivity contribution is -0.388. The van der Waals surface area contributed by atoms with Crippen molar-refractivity contribution in [2.75, 3.05) is 50.8 Å². The quantitative estimate of drug-likeness (QED) is 0.611. The number of rotatable bonds is 4. The van der Waals surface area contributed by atoms with Gasteiger partial charge in [-0.05, 0) is 24.5 Å². The predicted molar refractivity (Wildman–Crippen MR) is 85.7 cm³/mol. The highest BCUT2D eigenvalue weighted by Crippen LogP contribution is 2.39. The zero-order valence-electron chi connectivity index (χ0n) is 13.7. The van der Waals surface area contributed by atoms with Gasteiger partial charge in [0.25, 0.3) is 5.69 Å². The number of nitrogens with zero attached hydrogens (tertiary/aromatic N) is 3. The van der Waals surface area contributed by atoms with Gasteiger partial charge in [0.2, 0.25) is 0 Å². The van der Waals surface area contributed by atoms with Gasteiger partial charge in [-0.1, -0.05) is 0 Å². The molecular weight excluding hydrogens is 339 g/mol. The molecular formula is C16H20F3N3O3. The number of nitro groups is 1. The SMILES string of the molecule is O=[N+]([O-])c1ccc(N2CCC(CN3CCOCC3)C2)cc1C(F)(F)F. The van der Waals surface area contributed by atoms with Gasteiger partial charge in [-0.3, -0.25) is 15.0 Å². The smallest absolute Gasteiger partial charge is 0.379 e. The maximum atomic E-state index is 13.1. The fraction of sp³-hybridized carbons (Fsp3) is 0.625. The second-order valence-corrected chi connectivity index (χ2v) is 6.47. The zero-order valence-corrected chi connectivity index (χ0v) is 13.7. The number of alkyl halides is 3. The van der Waals surface area contributed by atoms with Crippen LogP contribution in [0.4, 0.5) is 24.5 Å². The number of hydrogen-bond donors (Lipinski definition) is 0. The molecule has 2 fully saturated rings. The average Bonchev–Trinajstić information content (AvgIpc) is 3.03. The Morgan fingerprint density at radius 2 is 1.96 bits per heavy atom. The molecule has 1 atom stereocenters. The summed E-state index contributed by atoms with van der Waals surface area (Å²) in [5.41, 5.74) is -1.70. The zero-order chi connectivity index (χ0) is 18.0. The van der Waals surface area contributed by atoms with Crippen LogP contribution in [0.3, 0.4) is 0 Å². The van der Waals surface area contributed by atoms with Crippen molar-refractivity contribution in [3.05, 3.63) is 33.9 Å². The second kappa shape index (κ2) is 7.17. The van der Waals surface area contributed by atoms with E-state index in [1.165, 1.54) is 6.07 Å². The van der Waals surface area contributed by atoms with E-state index in [1.54, 1.807) is 0 Å². The Kier molecular flexibility index (Phi) is 5.14. The van der Waals surface area contributed by atoms with Gasteiger partial charge in [0.1, 0.15) is 5.56 Å². The molecule has 2 saturated heterocycles. The number of hydrogen-bond acceptors (Lipinski definition) is 5. The molecule has 6 nitrogen and oxygen atoms in total. The molecule has 0 saturated carbocycles. The van der Waals surface area contributed by atoms with Crippen LogP contribution in [0.5, 0.6) is 0 Å². The molecule has 0 aliphatic carbocycles. The van der Waals surface area contributed by atoms with Crippen molar-refractivity contribution in [1.29, 1.82) is 0 Å². The Morgan fingerprint density at radius 1 is 1.24 bits per heavy atom. The van der Waals surface area contributed by atoms with Crippen LogP contribution in [-0.2, 0) is 10.9 Å². The highest BCUT2D eigenvalue weighted by atomic mass is 19.4. The fourth-order valence-electron chi connectivity index (χ4n) is 3.47. The maximum absolute atomic E-state index is 13.1. The number of halogens is 3. The van der Waals surface area contributed by atoms with Crippen LogP contribution < -0.4 is 4.90 Å². The second-order valence-electron chi connectivity index (χ2n) is 6.47. The topological polar surface area (TPSA) is 58.9 Å². The van der Waals surface area contributed by atoms with E-state index in [4.69, 9.17) is 4.74 Å². The number of nitro benzene ring substituents is 1. The molecule has 0 radical (unpaired) electrons. The van der Waals surface area contributed by atoms with Crippen molar-refractivity contribution >= 4 is 11.4 Å². The molecule has 2 aliphatic heterocycles. The van der Waals surface area contributed by atoms with Gasteiger partial charge in [-0.15, -0.1) is 0 Å². The lowest BCUT2D eigenvalue weighted by Gasteiger charge is -2.29. The van der Waals surface area contributed by atoms with E-state index >= 15 is 0 Å². The van der Waals surface area contributed by atoms with Crippen LogP contribution in [0.15, 0.2) is 18.2 Å². The molecule has 3 rings (SSSR count). The lowest BCUT2D eigenvalue weighted by atomic mass is 10.1. The number of morpholine rings is 1. The van der Waals surface area contributed by atoms with Gasteiger partial charge < -0.3 is 9.64 Å². The van der Waals surface area contributed by atoms with Gasteiger partial charge >= 0.3 is 6.18 Å². The van der Waals surface area contributed by atoms with E-state index in [1.807, 2.05) is 4.90 Å². The first-order valence-electron chi connectivity index (χ1n) is 8.25. The minimum absolute atomic E-state index is 0.377. The molecule has 0 bridgehead atoms. The molecule has 2 aliphatic rings. The van der Waals surface area contributed by atoms with Crippen molar-refractivity contribution < 1.29 is 22.8 Å². The Hall–Kier alpha value is -1.87. The average molecular weight is 359 g/mol. The molecule has 138 valence electrons. The Balaban J connectivity index is 1.71. The first-order valence-corrected chi connectivity index (χ1v) is 8.25. The van der Waals surface area contributed by atoms with Crippen molar-refractivity contribution in [2.24, 2.45) is 5.92 Å². The van der Waals surface area contributed by atoms with E-state index in [-0.39, 0.29) is 0 Å². The van der Waals surface area contributed by atoms with Crippen LogP contribution in [0.2, 0.25) is 0 Å². The summed E-state index contributed by atoms with van der Waals surface area (Å²) in [6, 6.07) is 3.26. The van der Waals surface area contributed by atoms with Crippen LogP contribution in [0, 0.1) is 16.0 Å². The van der Waals surface area contributed by atoms with Gasteiger partial charge in [0.15, 0.2) is 0 Å². The van der Waals surface area contributed by atoms with Crippen molar-refractivity contribution in [3.8, 4) is 0 Å². The van der Waals surface area contributed by atoms with Gasteiger partial charge in [-0.25, -0.2) is 0 Å². The summed E-state index contributed by atoms with van der Waals surface area (Å²) in [5, 5.41) is 10.9. The van der Waals surface area contributed by atoms with Gasteiger partial charge in [0, 0.05) is 44.5 Å². The molecule has 1 unspecified atom stereocenters. The summed E-state index contributed by atoms with van der Waals surface area (Å²) < 4.78 is 44.7. The standard InChI is InChI=1S/C16H20F3N3O3/c17-16(18,19)14-9-13(1-2-15(14)22(23)24)21-4-3-12(11-21)10-20-5-7-25-8-6-20/h1-2,9,12H,3-8,10-11H2. The molecule has 25 heavy (non-hydrogen) atoms. The number of benzene rings is 1. The van der Waals surface area contributed by atoms with Crippen LogP contribution in [-0.4, -0.2) is 55.8 Å². The van der Waals surface area contributed by atoms with E-state index < -0.39 is 22.4 Å². The van der Waals surface area contributed by atoms with E-state index in [9.17, 15) is 23.3 Å². The first kappa shape index (κ1) is 17.9. The first-order chi connectivity index (χ1) is 11.8.